The summed E-state index contributed by atoms with van der Waals surface area (Å²) in [5.74, 6) is 2.27. The van der Waals surface area contributed by atoms with E-state index in [1.165, 1.54) is 49.9 Å². The van der Waals surface area contributed by atoms with Crippen LogP contribution in [-0.2, 0) is 5.41 Å². The number of benzene rings is 1. The number of hydrogen-bond donors (Lipinski definition) is 1. The molecule has 0 saturated heterocycles. The molecule has 0 atom stereocenters. The van der Waals surface area contributed by atoms with Crippen molar-refractivity contribution >= 4 is 22.4 Å². The van der Waals surface area contributed by atoms with Gasteiger partial charge in [-0.25, -0.2) is 4.68 Å². The van der Waals surface area contributed by atoms with Gasteiger partial charge in [0.1, 0.15) is 5.01 Å². The fraction of sp³-hybridized carbons (Fsp3) is 0.476. The molecule has 1 aromatic carbocycles. The van der Waals surface area contributed by atoms with Crippen molar-refractivity contribution in [2.45, 2.75) is 43.9 Å². The van der Waals surface area contributed by atoms with Gasteiger partial charge in [0.15, 0.2) is 5.69 Å². The van der Waals surface area contributed by atoms with Crippen LogP contribution in [0.5, 0.6) is 0 Å². The molecule has 0 radical (unpaired) electrons. The second kappa shape index (κ2) is 6.45. The molecule has 7 rings (SSSR count). The zero-order valence-corrected chi connectivity index (χ0v) is 16.8. The van der Waals surface area contributed by atoms with Crippen molar-refractivity contribution < 1.29 is 4.79 Å². The van der Waals surface area contributed by atoms with Gasteiger partial charge < -0.3 is 0 Å². The predicted molar refractivity (Wildman–Crippen MR) is 109 cm³/mol. The Morgan fingerprint density at radius 2 is 1.69 bits per heavy atom. The number of hydrogen-bond acceptors (Lipinski definition) is 6. The first kappa shape index (κ1) is 17.3. The molecular weight excluding hydrogens is 384 g/mol. The van der Waals surface area contributed by atoms with Crippen LogP contribution >= 0.6 is 11.3 Å². The molecule has 1 N–H and O–H groups in total. The molecule has 4 aliphatic carbocycles. The summed E-state index contributed by atoms with van der Waals surface area (Å²) in [5, 5.41) is 21.4. The van der Waals surface area contributed by atoms with E-state index in [2.05, 4.69) is 25.8 Å². The maximum Gasteiger partial charge on any atom is 0.279 e. The lowest BCUT2D eigenvalue weighted by Gasteiger charge is -2.55. The molecule has 1 amide bonds. The average molecular weight is 407 g/mol. The molecular formula is C21H22N6OS. The average Bonchev–Trinajstić information content (AvgIpc) is 3.38. The fourth-order valence-corrected chi connectivity index (χ4v) is 7.05. The minimum absolute atomic E-state index is 0.200. The Morgan fingerprint density at radius 3 is 2.38 bits per heavy atom. The first-order valence-corrected chi connectivity index (χ1v) is 11.1. The number of nitrogens with zero attached hydrogens (tertiary/aromatic N) is 5. The highest BCUT2D eigenvalue weighted by molar-refractivity contribution is 7.15. The van der Waals surface area contributed by atoms with Gasteiger partial charge in [-0.2, -0.15) is 0 Å². The topological polar surface area (TPSA) is 85.6 Å². The van der Waals surface area contributed by atoms with Crippen molar-refractivity contribution in [3.63, 3.8) is 0 Å². The zero-order chi connectivity index (χ0) is 19.4. The van der Waals surface area contributed by atoms with Crippen LogP contribution in [-0.4, -0.2) is 31.1 Å². The Labute approximate surface area is 172 Å². The summed E-state index contributed by atoms with van der Waals surface area (Å²) in [6.07, 6.45) is 9.56. The van der Waals surface area contributed by atoms with E-state index in [1.54, 1.807) is 10.9 Å². The fourth-order valence-electron chi connectivity index (χ4n) is 6.10. The summed E-state index contributed by atoms with van der Waals surface area (Å²) >= 11 is 1.54. The maximum atomic E-state index is 12.6. The first-order chi connectivity index (χ1) is 14.2. The summed E-state index contributed by atoms with van der Waals surface area (Å²) < 4.78 is 1.59. The van der Waals surface area contributed by atoms with Gasteiger partial charge in [0, 0.05) is 5.41 Å². The molecule has 29 heavy (non-hydrogen) atoms. The van der Waals surface area contributed by atoms with Gasteiger partial charge in [-0.3, -0.25) is 10.1 Å². The Bertz CT molecular complexity index is 1020. The minimum atomic E-state index is -0.305. The van der Waals surface area contributed by atoms with Crippen molar-refractivity contribution in [1.82, 2.24) is 25.2 Å². The molecule has 4 aliphatic rings. The van der Waals surface area contributed by atoms with Crippen LogP contribution < -0.4 is 5.32 Å². The molecule has 4 fully saturated rings. The van der Waals surface area contributed by atoms with Crippen molar-refractivity contribution in [2.24, 2.45) is 17.8 Å². The zero-order valence-electron chi connectivity index (χ0n) is 16.0. The van der Waals surface area contributed by atoms with Gasteiger partial charge in [-0.05, 0) is 68.4 Å². The van der Waals surface area contributed by atoms with Gasteiger partial charge in [-0.1, -0.05) is 34.7 Å². The van der Waals surface area contributed by atoms with E-state index >= 15 is 0 Å². The SMILES string of the molecule is O=C(Nc1nnc(C23CC4CC(CC(C4)C2)C3)s1)c1cn(-c2ccccc2)nn1. The molecule has 4 bridgehead atoms. The lowest BCUT2D eigenvalue weighted by molar-refractivity contribution is -0.00555. The van der Waals surface area contributed by atoms with E-state index in [0.717, 1.165) is 28.4 Å². The molecule has 0 unspecified atom stereocenters. The molecule has 2 heterocycles. The van der Waals surface area contributed by atoms with Gasteiger partial charge in [0.05, 0.1) is 11.9 Å². The molecule has 4 saturated carbocycles. The lowest BCUT2D eigenvalue weighted by atomic mass is 9.50. The van der Waals surface area contributed by atoms with Crippen LogP contribution in [0.15, 0.2) is 36.5 Å². The molecule has 7 nitrogen and oxygen atoms in total. The summed E-state index contributed by atoms with van der Waals surface area (Å²) in [5.41, 5.74) is 1.32. The van der Waals surface area contributed by atoms with Crippen molar-refractivity contribution in [1.29, 1.82) is 0 Å². The number of para-hydroxylation sites is 1. The van der Waals surface area contributed by atoms with Crippen molar-refractivity contribution in [2.75, 3.05) is 5.32 Å². The number of aromatic nitrogens is 5. The number of rotatable bonds is 4. The van der Waals surface area contributed by atoms with Gasteiger partial charge in [-0.15, -0.1) is 15.3 Å². The highest BCUT2D eigenvalue weighted by Gasteiger charge is 2.53. The molecule has 3 aromatic rings. The summed E-state index contributed by atoms with van der Waals surface area (Å²) in [4.78, 5) is 12.6. The number of carbonyl (C=O) groups excluding carboxylic acids is 1. The molecule has 0 spiro atoms. The molecule has 148 valence electrons. The third-order valence-electron chi connectivity index (χ3n) is 6.88. The largest absolute Gasteiger partial charge is 0.295 e. The van der Waals surface area contributed by atoms with E-state index in [4.69, 9.17) is 0 Å². The second-order valence-corrected chi connectivity index (χ2v) is 9.93. The quantitative estimate of drug-likeness (QED) is 0.711. The van der Waals surface area contributed by atoms with Crippen LogP contribution in [0.3, 0.4) is 0 Å². The Hall–Kier alpha value is -2.61. The maximum absolute atomic E-state index is 12.6. The second-order valence-electron chi connectivity index (χ2n) is 8.95. The molecule has 8 heteroatoms. The van der Waals surface area contributed by atoms with E-state index in [9.17, 15) is 4.79 Å². The number of carbonyl (C=O) groups is 1. The van der Waals surface area contributed by atoms with E-state index in [0.29, 0.717) is 5.13 Å². The molecule has 0 aliphatic heterocycles. The van der Waals surface area contributed by atoms with Crippen molar-refractivity contribution in [3.05, 3.63) is 47.2 Å². The summed E-state index contributed by atoms with van der Waals surface area (Å²) in [6.45, 7) is 0. The third kappa shape index (κ3) is 2.97. The van der Waals surface area contributed by atoms with Crippen LogP contribution in [0.1, 0.15) is 54.0 Å². The number of nitrogens with one attached hydrogen (secondary N) is 1. The van der Waals surface area contributed by atoms with Crippen molar-refractivity contribution in [3.8, 4) is 5.69 Å². The highest BCUT2D eigenvalue weighted by Crippen LogP contribution is 2.61. The Kier molecular flexibility index (Phi) is 3.84. The third-order valence-corrected chi connectivity index (χ3v) is 7.97. The van der Waals surface area contributed by atoms with E-state index in [1.807, 2.05) is 30.3 Å². The predicted octanol–water partition coefficient (Wildman–Crippen LogP) is 3.84. The summed E-state index contributed by atoms with van der Waals surface area (Å²) in [7, 11) is 0. The Balaban J connectivity index is 1.19. The number of anilines is 1. The number of amides is 1. The Morgan fingerprint density at radius 1 is 1.00 bits per heavy atom. The highest BCUT2D eigenvalue weighted by atomic mass is 32.1. The minimum Gasteiger partial charge on any atom is -0.295 e. The van der Waals surface area contributed by atoms with Crippen LogP contribution in [0.4, 0.5) is 5.13 Å². The molecule has 2 aromatic heterocycles. The van der Waals surface area contributed by atoms with Gasteiger partial charge in [0.2, 0.25) is 5.13 Å². The van der Waals surface area contributed by atoms with Crippen LogP contribution in [0, 0.1) is 17.8 Å². The normalized spacial score (nSPS) is 29.9. The van der Waals surface area contributed by atoms with Gasteiger partial charge in [0.25, 0.3) is 5.91 Å². The standard InChI is InChI=1S/C21H22N6OS/c28-18(17-12-27(26-23-17)16-4-2-1-3-5-16)22-20-25-24-19(29-20)21-9-13-6-14(10-21)8-15(7-13)11-21/h1-5,12-15H,6-11H2,(H,22,25,28). The smallest absolute Gasteiger partial charge is 0.279 e. The first-order valence-electron chi connectivity index (χ1n) is 10.3. The van der Waals surface area contributed by atoms with E-state index < -0.39 is 0 Å². The van der Waals surface area contributed by atoms with E-state index in [-0.39, 0.29) is 17.0 Å². The van der Waals surface area contributed by atoms with Crippen LogP contribution in [0.25, 0.3) is 5.69 Å². The monoisotopic (exact) mass is 406 g/mol. The lowest BCUT2D eigenvalue weighted by Crippen LogP contribution is -2.48. The van der Waals surface area contributed by atoms with Gasteiger partial charge >= 0.3 is 0 Å². The summed E-state index contributed by atoms with van der Waals surface area (Å²) in [6, 6.07) is 9.61. The van der Waals surface area contributed by atoms with Crippen LogP contribution in [0.2, 0.25) is 0 Å².